The van der Waals surface area contributed by atoms with Crippen LogP contribution in [0, 0.1) is 0 Å². The predicted molar refractivity (Wildman–Crippen MR) is 86.0 cm³/mol. The molecule has 3 rings (SSSR count). The Balaban J connectivity index is 1.75. The molecular formula is C16H23N3S. The van der Waals surface area contributed by atoms with Crippen molar-refractivity contribution in [2.24, 2.45) is 5.73 Å². The summed E-state index contributed by atoms with van der Waals surface area (Å²) in [4.78, 5) is 7.29. The molecule has 0 spiro atoms. The Kier molecular flexibility index (Phi) is 4.06. The number of nitrogens with zero attached hydrogens (tertiary/aromatic N) is 2. The number of rotatable bonds is 3. The standard InChI is InChI=1S/C16H23N3S/c1-11(19(2)13-9-7-12(17)8-10-13)16-18-14-5-3-4-6-15(14)20-16/h3-6,11-13H,7-10,17H2,1-2H3. The van der Waals surface area contributed by atoms with E-state index in [2.05, 4.69) is 43.1 Å². The van der Waals surface area contributed by atoms with Crippen molar-refractivity contribution in [2.75, 3.05) is 7.05 Å². The number of benzene rings is 1. The van der Waals surface area contributed by atoms with Crippen molar-refractivity contribution in [2.45, 2.75) is 50.7 Å². The summed E-state index contributed by atoms with van der Waals surface area (Å²) in [5, 5.41) is 1.23. The third kappa shape index (κ3) is 2.73. The minimum Gasteiger partial charge on any atom is -0.328 e. The molecule has 0 bridgehead atoms. The van der Waals surface area contributed by atoms with E-state index in [9.17, 15) is 0 Å². The lowest BCUT2D eigenvalue weighted by molar-refractivity contribution is 0.140. The minimum absolute atomic E-state index is 0.381. The van der Waals surface area contributed by atoms with Gasteiger partial charge in [-0.3, -0.25) is 4.90 Å². The van der Waals surface area contributed by atoms with E-state index in [1.165, 1.54) is 22.5 Å². The van der Waals surface area contributed by atoms with Gasteiger partial charge in [0.15, 0.2) is 0 Å². The van der Waals surface area contributed by atoms with Crippen LogP contribution in [0.4, 0.5) is 0 Å². The van der Waals surface area contributed by atoms with Crippen LogP contribution in [0.25, 0.3) is 10.2 Å². The highest BCUT2D eigenvalue weighted by Crippen LogP contribution is 2.32. The molecule has 1 fully saturated rings. The van der Waals surface area contributed by atoms with Crippen LogP contribution in [0.15, 0.2) is 24.3 Å². The van der Waals surface area contributed by atoms with Crippen molar-refractivity contribution in [1.82, 2.24) is 9.88 Å². The highest BCUT2D eigenvalue weighted by molar-refractivity contribution is 7.18. The summed E-state index contributed by atoms with van der Waals surface area (Å²) in [5.74, 6) is 0. The quantitative estimate of drug-likeness (QED) is 0.939. The second-order valence-corrected chi connectivity index (χ2v) is 6.99. The predicted octanol–water partition coefficient (Wildman–Crippen LogP) is 3.56. The first kappa shape index (κ1) is 14.0. The molecule has 20 heavy (non-hydrogen) atoms. The first-order chi connectivity index (χ1) is 9.65. The Labute approximate surface area is 124 Å². The van der Waals surface area contributed by atoms with Gasteiger partial charge in [0, 0.05) is 12.1 Å². The first-order valence-electron chi connectivity index (χ1n) is 7.48. The molecule has 1 saturated carbocycles. The van der Waals surface area contributed by atoms with E-state index in [1.807, 2.05) is 11.3 Å². The second kappa shape index (κ2) is 5.80. The van der Waals surface area contributed by atoms with Crippen molar-refractivity contribution in [3.8, 4) is 0 Å². The Morgan fingerprint density at radius 3 is 2.65 bits per heavy atom. The number of aromatic nitrogens is 1. The average Bonchev–Trinajstić information content (AvgIpc) is 2.90. The van der Waals surface area contributed by atoms with Gasteiger partial charge in [-0.1, -0.05) is 12.1 Å². The van der Waals surface area contributed by atoms with Crippen LogP contribution in [-0.4, -0.2) is 29.0 Å². The molecule has 0 amide bonds. The molecule has 0 radical (unpaired) electrons. The summed E-state index contributed by atoms with van der Waals surface area (Å²) in [6.45, 7) is 2.27. The zero-order chi connectivity index (χ0) is 14.1. The zero-order valence-corrected chi connectivity index (χ0v) is 13.1. The fourth-order valence-corrected chi connectivity index (χ4v) is 4.14. The van der Waals surface area contributed by atoms with Gasteiger partial charge >= 0.3 is 0 Å². The maximum atomic E-state index is 6.01. The number of nitrogens with two attached hydrogens (primary N) is 1. The maximum Gasteiger partial charge on any atom is 0.111 e. The Hall–Kier alpha value is -0.970. The van der Waals surface area contributed by atoms with Crippen LogP contribution in [0.1, 0.15) is 43.7 Å². The Morgan fingerprint density at radius 1 is 1.25 bits per heavy atom. The van der Waals surface area contributed by atoms with Crippen LogP contribution >= 0.6 is 11.3 Å². The van der Waals surface area contributed by atoms with Crippen LogP contribution < -0.4 is 5.73 Å². The highest BCUT2D eigenvalue weighted by Gasteiger charge is 2.26. The van der Waals surface area contributed by atoms with Gasteiger partial charge in [0.1, 0.15) is 5.01 Å². The summed E-state index contributed by atoms with van der Waals surface area (Å²) >= 11 is 1.82. The topological polar surface area (TPSA) is 42.2 Å². The van der Waals surface area contributed by atoms with E-state index in [0.29, 0.717) is 18.1 Å². The lowest BCUT2D eigenvalue weighted by atomic mass is 9.90. The van der Waals surface area contributed by atoms with Crippen LogP contribution in [-0.2, 0) is 0 Å². The summed E-state index contributed by atoms with van der Waals surface area (Å²) < 4.78 is 1.29. The van der Waals surface area contributed by atoms with Gasteiger partial charge in [-0.25, -0.2) is 4.98 Å². The van der Waals surface area contributed by atoms with Gasteiger partial charge in [-0.2, -0.15) is 0 Å². The van der Waals surface area contributed by atoms with Crippen molar-refractivity contribution in [3.05, 3.63) is 29.3 Å². The summed E-state index contributed by atoms with van der Waals surface area (Å²) in [6.07, 6.45) is 4.74. The molecule has 1 aliphatic rings. The monoisotopic (exact) mass is 289 g/mol. The van der Waals surface area contributed by atoms with E-state index in [0.717, 1.165) is 18.4 Å². The summed E-state index contributed by atoms with van der Waals surface area (Å²) in [6, 6.07) is 9.84. The van der Waals surface area contributed by atoms with Crippen LogP contribution in [0.3, 0.4) is 0 Å². The molecule has 2 N–H and O–H groups in total. The SMILES string of the molecule is CC(c1nc2ccccc2s1)N(C)C1CCC(N)CC1. The van der Waals surface area contributed by atoms with Crippen molar-refractivity contribution in [1.29, 1.82) is 0 Å². The molecule has 1 heterocycles. The van der Waals surface area contributed by atoms with Crippen molar-refractivity contribution >= 4 is 21.6 Å². The Morgan fingerprint density at radius 2 is 1.95 bits per heavy atom. The van der Waals surface area contributed by atoms with E-state index in [4.69, 9.17) is 10.7 Å². The average molecular weight is 289 g/mol. The lowest BCUT2D eigenvalue weighted by Crippen LogP contribution is -2.39. The summed E-state index contributed by atoms with van der Waals surface area (Å²) in [5.41, 5.74) is 7.13. The molecule has 1 atom stereocenters. The van der Waals surface area contributed by atoms with E-state index >= 15 is 0 Å². The van der Waals surface area contributed by atoms with Crippen LogP contribution in [0.5, 0.6) is 0 Å². The van der Waals surface area contributed by atoms with E-state index in [-0.39, 0.29) is 0 Å². The summed E-state index contributed by atoms with van der Waals surface area (Å²) in [7, 11) is 2.23. The fraction of sp³-hybridized carbons (Fsp3) is 0.562. The van der Waals surface area contributed by atoms with E-state index < -0.39 is 0 Å². The smallest absolute Gasteiger partial charge is 0.111 e. The largest absolute Gasteiger partial charge is 0.328 e. The fourth-order valence-electron chi connectivity index (χ4n) is 3.07. The van der Waals surface area contributed by atoms with Gasteiger partial charge in [0.25, 0.3) is 0 Å². The maximum absolute atomic E-state index is 6.01. The minimum atomic E-state index is 0.381. The molecule has 108 valence electrons. The molecule has 1 unspecified atom stereocenters. The molecular weight excluding hydrogens is 266 g/mol. The number of para-hydroxylation sites is 1. The number of hydrogen-bond donors (Lipinski definition) is 1. The van der Waals surface area contributed by atoms with E-state index in [1.54, 1.807) is 0 Å². The van der Waals surface area contributed by atoms with Gasteiger partial charge in [0.2, 0.25) is 0 Å². The van der Waals surface area contributed by atoms with Gasteiger partial charge in [0.05, 0.1) is 16.3 Å². The van der Waals surface area contributed by atoms with Gasteiger partial charge in [-0.15, -0.1) is 11.3 Å². The van der Waals surface area contributed by atoms with Gasteiger partial charge < -0.3 is 5.73 Å². The molecule has 1 aliphatic carbocycles. The molecule has 0 aliphatic heterocycles. The molecule has 4 heteroatoms. The second-order valence-electron chi connectivity index (χ2n) is 5.93. The first-order valence-corrected chi connectivity index (χ1v) is 8.30. The normalized spacial score (nSPS) is 25.2. The number of hydrogen-bond acceptors (Lipinski definition) is 4. The molecule has 3 nitrogen and oxygen atoms in total. The van der Waals surface area contributed by atoms with Gasteiger partial charge in [-0.05, 0) is 51.8 Å². The molecule has 2 aromatic rings. The molecule has 1 aromatic heterocycles. The molecule has 0 saturated heterocycles. The van der Waals surface area contributed by atoms with Crippen LogP contribution in [0.2, 0.25) is 0 Å². The zero-order valence-electron chi connectivity index (χ0n) is 12.2. The third-order valence-electron chi connectivity index (χ3n) is 4.60. The Bertz CT molecular complexity index is 539. The number of fused-ring (bicyclic) bond motifs is 1. The molecule has 1 aromatic carbocycles. The third-order valence-corrected chi connectivity index (χ3v) is 5.80. The number of thiazole rings is 1. The lowest BCUT2D eigenvalue weighted by Gasteiger charge is -2.36. The van der Waals surface area contributed by atoms with Crippen molar-refractivity contribution in [3.63, 3.8) is 0 Å². The van der Waals surface area contributed by atoms with Crippen molar-refractivity contribution < 1.29 is 0 Å². The highest BCUT2D eigenvalue weighted by atomic mass is 32.1.